The zero-order valence-corrected chi connectivity index (χ0v) is 10.5. The van der Waals surface area contributed by atoms with E-state index in [2.05, 4.69) is 10.3 Å². The van der Waals surface area contributed by atoms with Gasteiger partial charge < -0.3 is 20.5 Å². The first-order valence-electron chi connectivity index (χ1n) is 5.67. The highest BCUT2D eigenvalue weighted by Gasteiger charge is 2.22. The second kappa shape index (κ2) is 5.98. The smallest absolute Gasteiger partial charge is 0.321 e. The lowest BCUT2D eigenvalue weighted by Gasteiger charge is -2.19. The predicted molar refractivity (Wildman–Crippen MR) is 65.8 cm³/mol. The highest BCUT2D eigenvalue weighted by molar-refractivity contribution is 5.93. The van der Waals surface area contributed by atoms with Crippen LogP contribution in [0.3, 0.4) is 0 Å². The van der Waals surface area contributed by atoms with Gasteiger partial charge in [-0.1, -0.05) is 13.8 Å². The maximum absolute atomic E-state index is 11.8. The number of nitrogens with one attached hydrogen (secondary N) is 2. The van der Waals surface area contributed by atoms with E-state index in [1.54, 1.807) is 13.8 Å². The predicted octanol–water partition coefficient (Wildman–Crippen LogP) is 1.15. The van der Waals surface area contributed by atoms with Crippen LogP contribution in [0, 0.1) is 16.0 Å². The van der Waals surface area contributed by atoms with Gasteiger partial charge in [-0.2, -0.15) is 0 Å². The number of H-pyrrole nitrogens is 1. The standard InChI is InChI=1S/C11H15N3O5/c1-6(2)8(5-10(15)16)13-11(17)7-3-4-9(12-7)14(18)19/h3-4,6,8,12H,5H2,1-2H3,(H,13,17)(H,15,16). The van der Waals surface area contributed by atoms with E-state index in [1.165, 1.54) is 12.1 Å². The minimum atomic E-state index is -1.02. The van der Waals surface area contributed by atoms with Gasteiger partial charge >= 0.3 is 11.8 Å². The number of carboxylic acid groups (broad SMARTS) is 1. The molecule has 0 fully saturated rings. The Morgan fingerprint density at radius 3 is 2.53 bits per heavy atom. The van der Waals surface area contributed by atoms with E-state index >= 15 is 0 Å². The summed E-state index contributed by atoms with van der Waals surface area (Å²) in [4.78, 5) is 34.7. The Morgan fingerprint density at radius 2 is 2.11 bits per heavy atom. The number of hydrogen-bond acceptors (Lipinski definition) is 4. The van der Waals surface area contributed by atoms with Crippen molar-refractivity contribution in [2.75, 3.05) is 0 Å². The molecule has 0 spiro atoms. The second-order valence-electron chi connectivity index (χ2n) is 4.44. The first-order valence-corrected chi connectivity index (χ1v) is 5.67. The average Bonchev–Trinajstić information content (AvgIpc) is 2.76. The van der Waals surface area contributed by atoms with Gasteiger partial charge in [0.05, 0.1) is 6.42 Å². The Morgan fingerprint density at radius 1 is 1.47 bits per heavy atom. The van der Waals surface area contributed by atoms with E-state index in [0.29, 0.717) is 0 Å². The summed E-state index contributed by atoms with van der Waals surface area (Å²) >= 11 is 0. The number of nitro groups is 1. The number of carboxylic acids is 1. The number of carbonyl (C=O) groups excluding carboxylic acids is 1. The Kier molecular flexibility index (Phi) is 4.62. The third-order valence-electron chi connectivity index (χ3n) is 2.63. The van der Waals surface area contributed by atoms with Crippen molar-refractivity contribution < 1.29 is 19.6 Å². The molecule has 1 amide bonds. The van der Waals surface area contributed by atoms with Gasteiger partial charge in [0.2, 0.25) is 0 Å². The first kappa shape index (κ1) is 14.7. The summed E-state index contributed by atoms with van der Waals surface area (Å²) in [5, 5.41) is 21.8. The average molecular weight is 269 g/mol. The first-order chi connectivity index (χ1) is 8.81. The molecular formula is C11H15N3O5. The molecule has 19 heavy (non-hydrogen) atoms. The van der Waals surface area contributed by atoms with Crippen molar-refractivity contribution in [3.8, 4) is 0 Å². The van der Waals surface area contributed by atoms with E-state index in [4.69, 9.17) is 5.11 Å². The molecule has 0 aliphatic heterocycles. The van der Waals surface area contributed by atoms with Crippen molar-refractivity contribution >= 4 is 17.7 Å². The number of amides is 1. The van der Waals surface area contributed by atoms with Crippen molar-refractivity contribution in [3.05, 3.63) is 27.9 Å². The molecule has 1 heterocycles. The number of aromatic nitrogens is 1. The largest absolute Gasteiger partial charge is 0.481 e. The van der Waals surface area contributed by atoms with Gasteiger partial charge in [0, 0.05) is 12.1 Å². The lowest BCUT2D eigenvalue weighted by atomic mass is 10.0. The molecule has 1 atom stereocenters. The van der Waals surface area contributed by atoms with Crippen molar-refractivity contribution in [1.29, 1.82) is 0 Å². The summed E-state index contributed by atoms with van der Waals surface area (Å²) < 4.78 is 0. The van der Waals surface area contributed by atoms with Crippen molar-refractivity contribution in [1.82, 2.24) is 10.3 Å². The summed E-state index contributed by atoms with van der Waals surface area (Å²) in [7, 11) is 0. The van der Waals surface area contributed by atoms with Gasteiger partial charge in [-0.25, -0.2) is 4.98 Å². The Balaban J connectivity index is 2.75. The van der Waals surface area contributed by atoms with Crippen molar-refractivity contribution in [2.24, 2.45) is 5.92 Å². The van der Waals surface area contributed by atoms with E-state index in [-0.39, 0.29) is 23.9 Å². The summed E-state index contributed by atoms with van der Waals surface area (Å²) in [5.74, 6) is -1.93. The molecule has 104 valence electrons. The molecule has 0 aliphatic rings. The Bertz CT molecular complexity index is 494. The zero-order valence-electron chi connectivity index (χ0n) is 10.5. The van der Waals surface area contributed by atoms with Gasteiger partial charge in [-0.15, -0.1) is 0 Å². The minimum absolute atomic E-state index is 0.0303. The molecule has 0 bridgehead atoms. The van der Waals surface area contributed by atoms with Crippen LogP contribution < -0.4 is 5.32 Å². The molecule has 1 rings (SSSR count). The van der Waals surface area contributed by atoms with E-state index < -0.39 is 22.8 Å². The SMILES string of the molecule is CC(C)C(CC(=O)O)NC(=O)c1ccc([N+](=O)[O-])[nH]1. The Hall–Kier alpha value is -2.38. The van der Waals surface area contributed by atoms with Gasteiger partial charge in [-0.05, 0) is 16.9 Å². The van der Waals surface area contributed by atoms with Crippen LogP contribution in [0.5, 0.6) is 0 Å². The van der Waals surface area contributed by atoms with Crippen LogP contribution in [0.15, 0.2) is 12.1 Å². The molecule has 1 aromatic heterocycles. The quantitative estimate of drug-likeness (QED) is 0.527. The van der Waals surface area contributed by atoms with Gasteiger partial charge in [0.15, 0.2) is 5.69 Å². The number of rotatable bonds is 6. The highest BCUT2D eigenvalue weighted by atomic mass is 16.6. The number of nitrogens with zero attached hydrogens (tertiary/aromatic N) is 1. The van der Waals surface area contributed by atoms with E-state index in [1.807, 2.05) is 0 Å². The molecule has 0 aromatic carbocycles. The fourth-order valence-corrected chi connectivity index (χ4v) is 1.51. The fraction of sp³-hybridized carbons (Fsp3) is 0.455. The van der Waals surface area contributed by atoms with Crippen molar-refractivity contribution in [2.45, 2.75) is 26.3 Å². The third kappa shape index (κ3) is 4.09. The van der Waals surface area contributed by atoms with Gasteiger partial charge in [0.1, 0.15) is 0 Å². The molecule has 3 N–H and O–H groups in total. The fourth-order valence-electron chi connectivity index (χ4n) is 1.51. The number of aromatic amines is 1. The molecule has 8 heteroatoms. The van der Waals surface area contributed by atoms with Crippen molar-refractivity contribution in [3.63, 3.8) is 0 Å². The van der Waals surface area contributed by atoms with Crippen LogP contribution in [-0.4, -0.2) is 32.9 Å². The Labute approximate surface area is 109 Å². The number of hydrogen-bond donors (Lipinski definition) is 3. The molecule has 1 unspecified atom stereocenters. The maximum atomic E-state index is 11.8. The second-order valence-corrected chi connectivity index (χ2v) is 4.44. The molecule has 0 radical (unpaired) electrons. The maximum Gasteiger partial charge on any atom is 0.321 e. The molecule has 0 aliphatic carbocycles. The van der Waals surface area contributed by atoms with Crippen LogP contribution in [0.4, 0.5) is 5.82 Å². The number of carbonyl (C=O) groups is 2. The molecule has 8 nitrogen and oxygen atoms in total. The molecular weight excluding hydrogens is 254 g/mol. The normalized spacial score (nSPS) is 12.2. The topological polar surface area (TPSA) is 125 Å². The van der Waals surface area contributed by atoms with Crippen LogP contribution in [0.2, 0.25) is 0 Å². The van der Waals surface area contributed by atoms with Crippen LogP contribution in [0.1, 0.15) is 30.8 Å². The molecule has 1 aromatic rings. The highest BCUT2D eigenvalue weighted by Crippen LogP contribution is 2.12. The van der Waals surface area contributed by atoms with E-state index in [9.17, 15) is 19.7 Å². The summed E-state index contributed by atoms with van der Waals surface area (Å²) in [6.45, 7) is 3.57. The monoisotopic (exact) mass is 269 g/mol. The lowest BCUT2D eigenvalue weighted by Crippen LogP contribution is -2.40. The molecule has 0 saturated heterocycles. The summed E-state index contributed by atoms with van der Waals surface area (Å²) in [6.07, 6.45) is -0.202. The van der Waals surface area contributed by atoms with Gasteiger partial charge in [-0.3, -0.25) is 9.59 Å². The number of aliphatic carboxylic acids is 1. The minimum Gasteiger partial charge on any atom is -0.481 e. The summed E-state index contributed by atoms with van der Waals surface area (Å²) in [6, 6.07) is 1.93. The van der Waals surface area contributed by atoms with Crippen LogP contribution >= 0.6 is 0 Å². The zero-order chi connectivity index (χ0) is 14.6. The van der Waals surface area contributed by atoms with Gasteiger partial charge in [0.25, 0.3) is 5.91 Å². The third-order valence-corrected chi connectivity index (χ3v) is 2.63. The van der Waals surface area contributed by atoms with Crippen LogP contribution in [0.25, 0.3) is 0 Å². The van der Waals surface area contributed by atoms with E-state index in [0.717, 1.165) is 0 Å². The van der Waals surface area contributed by atoms with Crippen LogP contribution in [-0.2, 0) is 4.79 Å². The summed E-state index contributed by atoms with van der Waals surface area (Å²) in [5.41, 5.74) is 0.0303. The lowest BCUT2D eigenvalue weighted by molar-refractivity contribution is -0.389. The molecule has 0 saturated carbocycles.